The van der Waals surface area contributed by atoms with Gasteiger partial charge in [-0.05, 0) is 30.4 Å². The number of nitrogens with one attached hydrogen (secondary N) is 3. The van der Waals surface area contributed by atoms with E-state index in [-0.39, 0.29) is 6.42 Å². The number of hydrogen-bond acceptors (Lipinski definition) is 6. The van der Waals surface area contributed by atoms with Crippen LogP contribution in [0.5, 0.6) is 0 Å². The number of hydrogen-bond donors (Lipinski definition) is 5. The number of amides is 2. The van der Waals surface area contributed by atoms with Crippen LogP contribution in [0.15, 0.2) is 42.9 Å². The molecule has 3 atom stereocenters. The van der Waals surface area contributed by atoms with E-state index in [1.54, 1.807) is 0 Å². The number of nitrogens with zero attached hydrogens (tertiary/aromatic N) is 1. The third kappa shape index (κ3) is 7.53. The van der Waals surface area contributed by atoms with Crippen molar-refractivity contribution in [3.63, 3.8) is 0 Å². The molecule has 1 aromatic heterocycles. The lowest BCUT2D eigenvalue weighted by atomic mass is 10.1. The van der Waals surface area contributed by atoms with Crippen LogP contribution in [-0.2, 0) is 27.2 Å². The molecule has 0 aliphatic heterocycles. The van der Waals surface area contributed by atoms with Crippen LogP contribution in [0.1, 0.15) is 17.7 Å². The summed E-state index contributed by atoms with van der Waals surface area (Å²) in [5.41, 5.74) is 7.51. The molecule has 9 nitrogen and oxygen atoms in total. The molecule has 0 bridgehead atoms. The van der Waals surface area contributed by atoms with Gasteiger partial charge in [-0.25, -0.2) is 9.78 Å². The summed E-state index contributed by atoms with van der Waals surface area (Å²) in [6, 6.07) is 6.49. The first-order chi connectivity index (χ1) is 14.4. The molecule has 2 rings (SSSR count). The minimum atomic E-state index is -1.17. The van der Waals surface area contributed by atoms with Gasteiger partial charge in [-0.1, -0.05) is 30.3 Å². The summed E-state index contributed by atoms with van der Waals surface area (Å²) in [6.07, 6.45) is 5.56. The van der Waals surface area contributed by atoms with Crippen LogP contribution in [0.25, 0.3) is 0 Å². The number of aromatic nitrogens is 2. The molecule has 0 saturated carbocycles. The van der Waals surface area contributed by atoms with Gasteiger partial charge in [-0.15, -0.1) is 0 Å². The van der Waals surface area contributed by atoms with E-state index in [9.17, 15) is 19.5 Å². The maximum Gasteiger partial charge on any atom is 0.326 e. The molecule has 0 saturated heterocycles. The van der Waals surface area contributed by atoms with Crippen LogP contribution in [-0.4, -0.2) is 63.0 Å². The van der Waals surface area contributed by atoms with Gasteiger partial charge in [0.25, 0.3) is 0 Å². The zero-order valence-electron chi connectivity index (χ0n) is 16.7. The molecule has 0 aliphatic carbocycles. The molecular weight excluding hydrogens is 406 g/mol. The smallest absolute Gasteiger partial charge is 0.326 e. The van der Waals surface area contributed by atoms with E-state index in [0.717, 1.165) is 5.56 Å². The van der Waals surface area contributed by atoms with E-state index < -0.39 is 35.9 Å². The average molecular weight is 434 g/mol. The fourth-order valence-electron chi connectivity index (χ4n) is 2.83. The number of thioether (sulfide) groups is 1. The monoisotopic (exact) mass is 433 g/mol. The lowest BCUT2D eigenvalue weighted by Crippen LogP contribution is -2.55. The number of imidazole rings is 1. The van der Waals surface area contributed by atoms with Crippen molar-refractivity contribution in [1.29, 1.82) is 0 Å². The Morgan fingerprint density at radius 3 is 2.43 bits per heavy atom. The number of aliphatic carboxylic acids is 1. The molecule has 1 aromatic carbocycles. The molecule has 2 amide bonds. The predicted octanol–water partition coefficient (Wildman–Crippen LogP) is 0.330. The molecule has 0 aliphatic rings. The number of benzene rings is 1. The van der Waals surface area contributed by atoms with E-state index in [1.165, 1.54) is 24.3 Å². The summed E-state index contributed by atoms with van der Waals surface area (Å²) in [5.74, 6) is -1.57. The van der Waals surface area contributed by atoms with Crippen molar-refractivity contribution in [2.45, 2.75) is 37.4 Å². The lowest BCUT2D eigenvalue weighted by Gasteiger charge is -2.22. The summed E-state index contributed by atoms with van der Waals surface area (Å²) >= 11 is 1.52. The van der Waals surface area contributed by atoms with Crippen LogP contribution in [0.4, 0.5) is 0 Å². The average Bonchev–Trinajstić information content (AvgIpc) is 3.24. The number of carbonyl (C=O) groups excluding carboxylic acids is 2. The van der Waals surface area contributed by atoms with Crippen LogP contribution in [0.3, 0.4) is 0 Å². The maximum atomic E-state index is 12.7. The Labute approximate surface area is 179 Å². The van der Waals surface area contributed by atoms with Gasteiger partial charge in [-0.2, -0.15) is 11.8 Å². The number of carbonyl (C=O) groups is 3. The summed E-state index contributed by atoms with van der Waals surface area (Å²) in [6.45, 7) is 0. The Kier molecular flexibility index (Phi) is 9.36. The molecule has 0 spiro atoms. The molecule has 2 aromatic rings. The van der Waals surface area contributed by atoms with Gasteiger partial charge >= 0.3 is 5.97 Å². The van der Waals surface area contributed by atoms with Gasteiger partial charge in [0, 0.05) is 18.3 Å². The Morgan fingerprint density at radius 2 is 1.83 bits per heavy atom. The van der Waals surface area contributed by atoms with E-state index >= 15 is 0 Å². The highest BCUT2D eigenvalue weighted by atomic mass is 32.2. The molecule has 1 heterocycles. The second-order valence-electron chi connectivity index (χ2n) is 6.82. The molecule has 10 heteroatoms. The van der Waals surface area contributed by atoms with E-state index in [0.29, 0.717) is 24.3 Å². The lowest BCUT2D eigenvalue weighted by molar-refractivity contribution is -0.142. The molecule has 162 valence electrons. The van der Waals surface area contributed by atoms with Gasteiger partial charge in [-0.3, -0.25) is 9.59 Å². The number of nitrogens with two attached hydrogens (primary N) is 1. The molecule has 0 unspecified atom stereocenters. The number of H-pyrrole nitrogens is 1. The highest BCUT2D eigenvalue weighted by molar-refractivity contribution is 7.98. The normalized spacial score (nSPS) is 13.8. The largest absolute Gasteiger partial charge is 0.480 e. The van der Waals surface area contributed by atoms with Gasteiger partial charge in [0.1, 0.15) is 12.1 Å². The van der Waals surface area contributed by atoms with Gasteiger partial charge < -0.3 is 26.5 Å². The Balaban J connectivity index is 2.00. The molecule has 30 heavy (non-hydrogen) atoms. The van der Waals surface area contributed by atoms with Crippen LogP contribution < -0.4 is 16.4 Å². The Hall–Kier alpha value is -2.85. The van der Waals surface area contributed by atoms with Crippen LogP contribution in [0, 0.1) is 0 Å². The Bertz CT molecular complexity index is 816. The van der Waals surface area contributed by atoms with Crippen LogP contribution >= 0.6 is 11.8 Å². The van der Waals surface area contributed by atoms with Crippen molar-refractivity contribution in [2.75, 3.05) is 12.0 Å². The summed E-state index contributed by atoms with van der Waals surface area (Å²) in [7, 11) is 0. The van der Waals surface area contributed by atoms with Gasteiger partial charge in [0.2, 0.25) is 11.8 Å². The fraction of sp³-hybridized carbons (Fsp3) is 0.400. The second-order valence-corrected chi connectivity index (χ2v) is 7.80. The number of aromatic amines is 1. The maximum absolute atomic E-state index is 12.7. The summed E-state index contributed by atoms with van der Waals surface area (Å²) < 4.78 is 0. The molecule has 6 N–H and O–H groups in total. The minimum absolute atomic E-state index is 0.0534. The highest BCUT2D eigenvalue weighted by Crippen LogP contribution is 2.06. The van der Waals surface area contributed by atoms with Crippen molar-refractivity contribution in [3.8, 4) is 0 Å². The molecule has 0 fully saturated rings. The third-order valence-corrected chi connectivity index (χ3v) is 5.12. The molecule has 0 radical (unpaired) electrons. The second kappa shape index (κ2) is 12.0. The van der Waals surface area contributed by atoms with Crippen molar-refractivity contribution in [3.05, 3.63) is 54.1 Å². The molecular formula is C20H27N5O4S. The predicted molar refractivity (Wildman–Crippen MR) is 115 cm³/mol. The quantitative estimate of drug-likeness (QED) is 0.324. The first-order valence-electron chi connectivity index (χ1n) is 9.50. The van der Waals surface area contributed by atoms with Crippen molar-refractivity contribution < 1.29 is 19.5 Å². The Morgan fingerprint density at radius 1 is 1.13 bits per heavy atom. The van der Waals surface area contributed by atoms with E-state index in [2.05, 4.69) is 20.6 Å². The highest BCUT2D eigenvalue weighted by Gasteiger charge is 2.28. The SMILES string of the molecule is CSCC[C@H](NC(=O)[C@@H](N)Cc1ccccc1)C(=O)N[C@@H](Cc1cnc[nH]1)C(=O)O. The first-order valence-corrected chi connectivity index (χ1v) is 10.9. The van der Waals surface area contributed by atoms with Gasteiger partial charge in [0.15, 0.2) is 0 Å². The zero-order valence-corrected chi connectivity index (χ0v) is 17.5. The van der Waals surface area contributed by atoms with E-state index in [4.69, 9.17) is 5.73 Å². The van der Waals surface area contributed by atoms with E-state index in [1.807, 2.05) is 36.6 Å². The zero-order chi connectivity index (χ0) is 21.9. The number of carboxylic acid groups (broad SMARTS) is 1. The third-order valence-electron chi connectivity index (χ3n) is 4.47. The minimum Gasteiger partial charge on any atom is -0.480 e. The number of carboxylic acids is 1. The summed E-state index contributed by atoms with van der Waals surface area (Å²) in [4.78, 5) is 43.5. The van der Waals surface area contributed by atoms with Crippen LogP contribution in [0.2, 0.25) is 0 Å². The first kappa shape index (κ1) is 23.4. The van der Waals surface area contributed by atoms with Crippen molar-refractivity contribution in [1.82, 2.24) is 20.6 Å². The van der Waals surface area contributed by atoms with Crippen molar-refractivity contribution >= 4 is 29.5 Å². The van der Waals surface area contributed by atoms with Gasteiger partial charge in [0.05, 0.1) is 12.4 Å². The topological polar surface area (TPSA) is 150 Å². The van der Waals surface area contributed by atoms with Crippen molar-refractivity contribution in [2.24, 2.45) is 5.73 Å². The summed E-state index contributed by atoms with van der Waals surface area (Å²) in [5, 5.41) is 14.6. The fourth-order valence-corrected chi connectivity index (χ4v) is 3.30. The number of rotatable bonds is 12. The standard InChI is InChI=1S/C20H27N5O4S/c1-30-8-7-16(24-18(26)15(21)9-13-5-3-2-4-6-13)19(27)25-17(20(28)29)10-14-11-22-12-23-14/h2-6,11-12,15-17H,7-10,21H2,1H3,(H,22,23)(H,24,26)(H,25,27)(H,28,29)/t15-,16-,17-/m0/s1.